The minimum Gasteiger partial charge on any atom is -0.396 e. The van der Waals surface area contributed by atoms with E-state index in [-0.39, 0.29) is 12.0 Å². The van der Waals surface area contributed by atoms with E-state index in [0.717, 1.165) is 37.7 Å². The van der Waals surface area contributed by atoms with Crippen LogP contribution in [0.3, 0.4) is 0 Å². The molecule has 0 bridgehead atoms. The van der Waals surface area contributed by atoms with Gasteiger partial charge in [0, 0.05) is 5.41 Å². The van der Waals surface area contributed by atoms with E-state index in [2.05, 4.69) is 33.8 Å². The third-order valence-electron chi connectivity index (χ3n) is 5.01. The maximum atomic E-state index is 10.7. The Morgan fingerprint density at radius 3 is 2.28 bits per heavy atom. The van der Waals surface area contributed by atoms with Gasteiger partial charge in [-0.05, 0) is 43.1 Å². The zero-order chi connectivity index (χ0) is 13.8. The van der Waals surface area contributed by atoms with Crippen molar-refractivity contribution in [1.82, 2.24) is 0 Å². The maximum absolute atomic E-state index is 10.7. The molecule has 0 aromatic carbocycles. The number of aliphatic hydroxyl groups is 2. The van der Waals surface area contributed by atoms with Crippen LogP contribution in [0.25, 0.3) is 0 Å². The fourth-order valence-corrected chi connectivity index (χ4v) is 3.78. The predicted octanol–water partition coefficient (Wildman–Crippen LogP) is 3.53. The van der Waals surface area contributed by atoms with Crippen LogP contribution in [0.4, 0.5) is 0 Å². The molecular formula is C16H30O2. The quantitative estimate of drug-likeness (QED) is 0.712. The van der Waals surface area contributed by atoms with Gasteiger partial charge in [-0.1, -0.05) is 40.2 Å². The van der Waals surface area contributed by atoms with Crippen molar-refractivity contribution in [1.29, 1.82) is 0 Å². The third-order valence-corrected chi connectivity index (χ3v) is 5.01. The second-order valence-corrected chi connectivity index (χ2v) is 5.71. The lowest BCUT2D eigenvalue weighted by Crippen LogP contribution is -2.50. The van der Waals surface area contributed by atoms with Crippen molar-refractivity contribution >= 4 is 0 Å². The first-order chi connectivity index (χ1) is 8.61. The molecule has 0 aromatic heterocycles. The van der Waals surface area contributed by atoms with Gasteiger partial charge in [-0.3, -0.25) is 0 Å². The highest BCUT2D eigenvalue weighted by molar-refractivity contribution is 5.21. The fraction of sp³-hybridized carbons (Fsp3) is 0.875. The predicted molar refractivity (Wildman–Crippen MR) is 76.4 cm³/mol. The van der Waals surface area contributed by atoms with Gasteiger partial charge in [-0.15, -0.1) is 0 Å². The molecule has 106 valence electrons. The van der Waals surface area contributed by atoms with Gasteiger partial charge < -0.3 is 10.2 Å². The monoisotopic (exact) mass is 254 g/mol. The van der Waals surface area contributed by atoms with Crippen LogP contribution in [0.15, 0.2) is 11.6 Å². The molecule has 0 saturated carbocycles. The summed E-state index contributed by atoms with van der Waals surface area (Å²) < 4.78 is 0. The van der Waals surface area contributed by atoms with Gasteiger partial charge in [-0.25, -0.2) is 0 Å². The van der Waals surface area contributed by atoms with Gasteiger partial charge in [0.25, 0.3) is 0 Å². The van der Waals surface area contributed by atoms with Gasteiger partial charge in [0.05, 0.1) is 12.7 Å². The van der Waals surface area contributed by atoms with E-state index in [4.69, 9.17) is 0 Å². The molecule has 2 heteroatoms. The van der Waals surface area contributed by atoms with Crippen molar-refractivity contribution < 1.29 is 10.2 Å². The molecule has 1 aliphatic rings. The van der Waals surface area contributed by atoms with Gasteiger partial charge in [0.15, 0.2) is 0 Å². The second-order valence-electron chi connectivity index (χ2n) is 5.71. The Bertz CT molecular complexity index is 279. The number of rotatable bonds is 6. The lowest BCUT2D eigenvalue weighted by atomic mass is 9.57. The van der Waals surface area contributed by atoms with Crippen LogP contribution in [0.5, 0.6) is 0 Å². The molecule has 0 radical (unpaired) electrons. The van der Waals surface area contributed by atoms with Crippen LogP contribution in [0, 0.1) is 17.3 Å². The molecular weight excluding hydrogens is 224 g/mol. The molecule has 1 aliphatic carbocycles. The lowest BCUT2D eigenvalue weighted by Gasteiger charge is -2.49. The first-order valence-corrected chi connectivity index (χ1v) is 7.60. The van der Waals surface area contributed by atoms with Crippen LogP contribution < -0.4 is 0 Å². The minimum atomic E-state index is -0.461. The Balaban J connectivity index is 3.20. The zero-order valence-electron chi connectivity index (χ0n) is 12.4. The van der Waals surface area contributed by atoms with E-state index in [9.17, 15) is 10.2 Å². The fourth-order valence-electron chi connectivity index (χ4n) is 3.78. The third kappa shape index (κ3) is 2.50. The van der Waals surface area contributed by atoms with Gasteiger partial charge in [-0.2, -0.15) is 0 Å². The molecule has 2 nitrogen and oxygen atoms in total. The van der Waals surface area contributed by atoms with Crippen LogP contribution in [0.2, 0.25) is 0 Å². The highest BCUT2D eigenvalue weighted by atomic mass is 16.3. The Hall–Kier alpha value is -0.340. The molecule has 18 heavy (non-hydrogen) atoms. The SMILES string of the molecule is CCC[C@H]1[C@H](CC)C=C(CC)[C@H](O)[C@@]1(CC)CO. The topological polar surface area (TPSA) is 40.5 Å². The molecule has 0 amide bonds. The molecule has 0 unspecified atom stereocenters. The molecule has 0 fully saturated rings. The van der Waals surface area contributed by atoms with E-state index in [1.165, 1.54) is 0 Å². The zero-order valence-corrected chi connectivity index (χ0v) is 12.4. The van der Waals surface area contributed by atoms with Crippen molar-refractivity contribution in [3.63, 3.8) is 0 Å². The van der Waals surface area contributed by atoms with Crippen molar-refractivity contribution in [2.24, 2.45) is 17.3 Å². The Morgan fingerprint density at radius 2 is 1.89 bits per heavy atom. The Kier molecular flexibility index (Phi) is 5.87. The first-order valence-electron chi connectivity index (χ1n) is 7.60. The van der Waals surface area contributed by atoms with Crippen LogP contribution in [0.1, 0.15) is 59.8 Å². The Labute approximate surface area is 112 Å². The van der Waals surface area contributed by atoms with E-state index >= 15 is 0 Å². The van der Waals surface area contributed by atoms with Gasteiger partial charge >= 0.3 is 0 Å². The van der Waals surface area contributed by atoms with E-state index < -0.39 is 6.10 Å². The summed E-state index contributed by atoms with van der Waals surface area (Å²) in [4.78, 5) is 0. The van der Waals surface area contributed by atoms with Gasteiger partial charge in [0.1, 0.15) is 0 Å². The lowest BCUT2D eigenvalue weighted by molar-refractivity contribution is -0.0709. The summed E-state index contributed by atoms with van der Waals surface area (Å²) in [7, 11) is 0. The number of hydrogen-bond acceptors (Lipinski definition) is 2. The largest absolute Gasteiger partial charge is 0.396 e. The summed E-state index contributed by atoms with van der Waals surface area (Å²) in [6.45, 7) is 8.71. The van der Waals surface area contributed by atoms with E-state index in [1.807, 2.05) is 0 Å². The average molecular weight is 254 g/mol. The normalized spacial score (nSPS) is 36.6. The van der Waals surface area contributed by atoms with Crippen LogP contribution in [-0.2, 0) is 0 Å². The maximum Gasteiger partial charge on any atom is 0.0831 e. The van der Waals surface area contributed by atoms with E-state index in [1.54, 1.807) is 0 Å². The number of aliphatic hydroxyl groups excluding tert-OH is 2. The number of allylic oxidation sites excluding steroid dienone is 1. The molecule has 0 aliphatic heterocycles. The second kappa shape index (κ2) is 6.72. The first kappa shape index (κ1) is 15.7. The van der Waals surface area contributed by atoms with Crippen molar-refractivity contribution in [3.8, 4) is 0 Å². The van der Waals surface area contributed by atoms with Crippen LogP contribution in [-0.4, -0.2) is 22.9 Å². The standard InChI is InChI=1S/C16H30O2/c1-5-9-14-12(6-2)10-13(7-3)15(18)16(14,8-4)11-17/h10,12,14-15,17-18H,5-9,11H2,1-4H3/t12-,14+,15+,16+/m1/s1. The molecule has 0 aromatic rings. The summed E-state index contributed by atoms with van der Waals surface area (Å²) in [6, 6.07) is 0. The molecule has 0 heterocycles. The molecule has 0 spiro atoms. The smallest absolute Gasteiger partial charge is 0.0831 e. The summed E-state index contributed by atoms with van der Waals surface area (Å²) >= 11 is 0. The average Bonchev–Trinajstić information content (AvgIpc) is 2.40. The molecule has 4 atom stereocenters. The van der Waals surface area contributed by atoms with Crippen molar-refractivity contribution in [2.75, 3.05) is 6.61 Å². The molecule has 0 saturated heterocycles. The van der Waals surface area contributed by atoms with E-state index in [0.29, 0.717) is 11.8 Å². The minimum absolute atomic E-state index is 0.100. The van der Waals surface area contributed by atoms with Crippen LogP contribution >= 0.6 is 0 Å². The summed E-state index contributed by atoms with van der Waals surface area (Å²) in [5, 5.41) is 20.6. The molecule has 1 rings (SSSR count). The Morgan fingerprint density at radius 1 is 1.22 bits per heavy atom. The highest BCUT2D eigenvalue weighted by Crippen LogP contribution is 2.49. The molecule has 2 N–H and O–H groups in total. The number of hydrogen-bond donors (Lipinski definition) is 2. The van der Waals surface area contributed by atoms with Crippen molar-refractivity contribution in [3.05, 3.63) is 11.6 Å². The van der Waals surface area contributed by atoms with Gasteiger partial charge in [0.2, 0.25) is 0 Å². The summed E-state index contributed by atoms with van der Waals surface area (Å²) in [5.74, 6) is 0.920. The van der Waals surface area contributed by atoms with Crippen molar-refractivity contribution in [2.45, 2.75) is 65.9 Å². The summed E-state index contributed by atoms with van der Waals surface area (Å²) in [5.41, 5.74) is 0.807. The summed E-state index contributed by atoms with van der Waals surface area (Å²) in [6.07, 6.45) is 6.87. The highest BCUT2D eigenvalue weighted by Gasteiger charge is 2.48.